The maximum Gasteiger partial charge on any atom is 0.131 e. The van der Waals surface area contributed by atoms with Crippen LogP contribution in [0.5, 0.6) is 0 Å². The van der Waals surface area contributed by atoms with E-state index >= 15 is 0 Å². The van der Waals surface area contributed by atoms with Gasteiger partial charge >= 0.3 is 0 Å². The first-order valence-corrected chi connectivity index (χ1v) is 7.49. The summed E-state index contributed by atoms with van der Waals surface area (Å²) in [4.78, 5) is 11.1. The summed E-state index contributed by atoms with van der Waals surface area (Å²) in [7, 11) is 0. The topological polar surface area (TPSA) is 69.5 Å². The molecule has 0 aromatic carbocycles. The molecule has 3 unspecified atom stereocenters. The molecule has 3 atom stereocenters. The molecule has 110 valence electrons. The van der Waals surface area contributed by atoms with E-state index < -0.39 is 0 Å². The van der Waals surface area contributed by atoms with Crippen LogP contribution in [0.4, 0.5) is 5.69 Å². The number of nitrogens with zero attached hydrogens (tertiary/aromatic N) is 3. The van der Waals surface area contributed by atoms with Crippen molar-refractivity contribution in [1.82, 2.24) is 9.97 Å². The smallest absolute Gasteiger partial charge is 0.131 e. The third kappa shape index (κ3) is 2.29. The van der Waals surface area contributed by atoms with E-state index in [-0.39, 0.29) is 18.6 Å². The Morgan fingerprint density at radius 3 is 2.80 bits per heavy atom. The van der Waals surface area contributed by atoms with Crippen LogP contribution in [-0.2, 0) is 6.61 Å². The summed E-state index contributed by atoms with van der Waals surface area (Å²) in [6.45, 7) is 5.83. The largest absolute Gasteiger partial charge is 0.393 e. The van der Waals surface area contributed by atoms with Gasteiger partial charge < -0.3 is 15.1 Å². The number of aromatic nitrogens is 2. The van der Waals surface area contributed by atoms with Gasteiger partial charge in [-0.1, -0.05) is 13.8 Å². The molecule has 5 nitrogen and oxygen atoms in total. The van der Waals surface area contributed by atoms with Crippen molar-refractivity contribution in [3.05, 3.63) is 17.7 Å². The standard InChI is InChI=1S/C15H23N3O2/c1-9(2)15-16-5-13(12(8-19)17-15)18-6-10-3-4-14(20)11(10)7-18/h5,9-11,14,19-20H,3-4,6-8H2,1-2H3. The minimum Gasteiger partial charge on any atom is -0.393 e. The number of anilines is 1. The summed E-state index contributed by atoms with van der Waals surface area (Å²) in [5.74, 6) is 1.97. The molecule has 20 heavy (non-hydrogen) atoms. The van der Waals surface area contributed by atoms with Crippen LogP contribution in [-0.4, -0.2) is 39.4 Å². The molecule has 3 rings (SSSR count). The first-order chi connectivity index (χ1) is 9.60. The molecule has 5 heteroatoms. The van der Waals surface area contributed by atoms with Gasteiger partial charge in [-0.25, -0.2) is 9.97 Å². The number of aliphatic hydroxyl groups is 2. The van der Waals surface area contributed by atoms with E-state index in [0.717, 1.165) is 37.4 Å². The van der Waals surface area contributed by atoms with Crippen molar-refractivity contribution < 1.29 is 10.2 Å². The van der Waals surface area contributed by atoms with E-state index in [0.29, 0.717) is 17.5 Å². The van der Waals surface area contributed by atoms with Crippen LogP contribution in [0.15, 0.2) is 6.20 Å². The monoisotopic (exact) mass is 277 g/mol. The lowest BCUT2D eigenvalue weighted by atomic mass is 10.00. The van der Waals surface area contributed by atoms with Crippen LogP contribution in [0.25, 0.3) is 0 Å². The Morgan fingerprint density at radius 1 is 1.35 bits per heavy atom. The van der Waals surface area contributed by atoms with Crippen molar-refractivity contribution >= 4 is 5.69 Å². The summed E-state index contributed by atoms with van der Waals surface area (Å²) in [5, 5.41) is 19.6. The first-order valence-electron chi connectivity index (χ1n) is 7.49. The van der Waals surface area contributed by atoms with E-state index in [9.17, 15) is 10.2 Å². The second-order valence-corrected chi connectivity index (χ2v) is 6.35. The fraction of sp³-hybridized carbons (Fsp3) is 0.733. The quantitative estimate of drug-likeness (QED) is 0.871. The van der Waals surface area contributed by atoms with E-state index in [1.807, 2.05) is 20.0 Å². The summed E-state index contributed by atoms with van der Waals surface area (Å²) in [5.41, 5.74) is 1.64. The molecule has 2 fully saturated rings. The van der Waals surface area contributed by atoms with Crippen LogP contribution in [0, 0.1) is 11.8 Å². The average molecular weight is 277 g/mol. The Balaban J connectivity index is 1.84. The van der Waals surface area contributed by atoms with Crippen LogP contribution >= 0.6 is 0 Å². The Labute approximate surface area is 119 Å². The summed E-state index contributed by atoms with van der Waals surface area (Å²) in [6.07, 6.45) is 3.69. The second kappa shape index (κ2) is 5.30. The van der Waals surface area contributed by atoms with Gasteiger partial charge in [0.2, 0.25) is 0 Å². The molecular weight excluding hydrogens is 254 g/mol. The maximum absolute atomic E-state index is 10.0. The highest BCUT2D eigenvalue weighted by Gasteiger charge is 2.42. The van der Waals surface area contributed by atoms with Crippen molar-refractivity contribution in [2.24, 2.45) is 11.8 Å². The minimum absolute atomic E-state index is 0.0635. The molecule has 2 heterocycles. The Hall–Kier alpha value is -1.20. The summed E-state index contributed by atoms with van der Waals surface area (Å²) < 4.78 is 0. The lowest BCUT2D eigenvalue weighted by Crippen LogP contribution is -2.26. The number of aliphatic hydroxyl groups excluding tert-OH is 2. The number of hydrogen-bond donors (Lipinski definition) is 2. The fourth-order valence-corrected chi connectivity index (χ4v) is 3.52. The molecule has 1 saturated heterocycles. The summed E-state index contributed by atoms with van der Waals surface area (Å²) in [6, 6.07) is 0. The molecule has 0 radical (unpaired) electrons. The van der Waals surface area contributed by atoms with Gasteiger partial charge in [0, 0.05) is 24.9 Å². The van der Waals surface area contributed by atoms with Gasteiger partial charge in [-0.15, -0.1) is 0 Å². The van der Waals surface area contributed by atoms with Gasteiger partial charge in [0.15, 0.2) is 0 Å². The van der Waals surface area contributed by atoms with Crippen molar-refractivity contribution in [2.45, 2.75) is 45.3 Å². The van der Waals surface area contributed by atoms with Crippen LogP contribution in [0.2, 0.25) is 0 Å². The highest BCUT2D eigenvalue weighted by atomic mass is 16.3. The molecule has 0 spiro atoms. The second-order valence-electron chi connectivity index (χ2n) is 6.35. The Morgan fingerprint density at radius 2 is 2.15 bits per heavy atom. The third-order valence-electron chi connectivity index (χ3n) is 4.69. The molecule has 1 aromatic rings. The summed E-state index contributed by atoms with van der Waals surface area (Å²) >= 11 is 0. The molecule has 1 aliphatic carbocycles. The molecule has 2 N–H and O–H groups in total. The van der Waals surface area contributed by atoms with Gasteiger partial charge in [-0.2, -0.15) is 0 Å². The Kier molecular flexibility index (Phi) is 3.65. The fourth-order valence-electron chi connectivity index (χ4n) is 3.52. The van der Waals surface area contributed by atoms with Crippen molar-refractivity contribution in [1.29, 1.82) is 0 Å². The molecule has 2 aliphatic rings. The maximum atomic E-state index is 10.0. The van der Waals surface area contributed by atoms with E-state index in [4.69, 9.17) is 0 Å². The third-order valence-corrected chi connectivity index (χ3v) is 4.69. The van der Waals surface area contributed by atoms with Gasteiger partial charge in [-0.3, -0.25) is 0 Å². The predicted molar refractivity (Wildman–Crippen MR) is 76.5 cm³/mol. The molecule has 1 saturated carbocycles. The SMILES string of the molecule is CC(C)c1ncc(N2CC3CCC(O)C3C2)c(CO)n1. The van der Waals surface area contributed by atoms with E-state index in [1.165, 1.54) is 0 Å². The zero-order valence-electron chi connectivity index (χ0n) is 12.2. The van der Waals surface area contributed by atoms with Gasteiger partial charge in [-0.05, 0) is 18.8 Å². The number of hydrogen-bond acceptors (Lipinski definition) is 5. The number of fused-ring (bicyclic) bond motifs is 1. The molecule has 0 amide bonds. The predicted octanol–water partition coefficient (Wildman–Crippen LogP) is 1.30. The molecule has 1 aliphatic heterocycles. The highest BCUT2D eigenvalue weighted by molar-refractivity contribution is 5.50. The lowest BCUT2D eigenvalue weighted by molar-refractivity contribution is 0.133. The zero-order chi connectivity index (χ0) is 14.3. The minimum atomic E-state index is -0.168. The molecule has 0 bridgehead atoms. The number of rotatable bonds is 3. The van der Waals surface area contributed by atoms with E-state index in [2.05, 4.69) is 14.9 Å². The van der Waals surface area contributed by atoms with Crippen molar-refractivity contribution in [2.75, 3.05) is 18.0 Å². The van der Waals surface area contributed by atoms with E-state index in [1.54, 1.807) is 0 Å². The van der Waals surface area contributed by atoms with Crippen molar-refractivity contribution in [3.8, 4) is 0 Å². The van der Waals surface area contributed by atoms with Crippen LogP contribution < -0.4 is 4.90 Å². The normalized spacial score (nSPS) is 29.2. The first kappa shape index (κ1) is 13.8. The molecule has 1 aromatic heterocycles. The Bertz CT molecular complexity index is 492. The van der Waals surface area contributed by atoms with Crippen LogP contribution in [0.3, 0.4) is 0 Å². The van der Waals surface area contributed by atoms with Gasteiger partial charge in [0.25, 0.3) is 0 Å². The highest BCUT2D eigenvalue weighted by Crippen LogP contribution is 2.40. The lowest BCUT2D eigenvalue weighted by Gasteiger charge is -2.22. The van der Waals surface area contributed by atoms with Crippen LogP contribution in [0.1, 0.15) is 44.1 Å². The molecular formula is C15H23N3O2. The average Bonchev–Trinajstić information content (AvgIpc) is 3.00. The van der Waals surface area contributed by atoms with Gasteiger partial charge in [0.05, 0.1) is 30.3 Å². The zero-order valence-corrected chi connectivity index (χ0v) is 12.2. The van der Waals surface area contributed by atoms with Gasteiger partial charge in [0.1, 0.15) is 5.82 Å². The van der Waals surface area contributed by atoms with Crippen molar-refractivity contribution in [3.63, 3.8) is 0 Å².